The molecule has 2 unspecified atom stereocenters. The molecule has 0 N–H and O–H groups in total. The second kappa shape index (κ2) is 8.44. The Hall–Kier alpha value is -0.850. The summed E-state index contributed by atoms with van der Waals surface area (Å²) in [5, 5.41) is 0. The second-order valence-corrected chi connectivity index (χ2v) is 6.52. The molecule has 1 aromatic rings. The van der Waals surface area contributed by atoms with Crippen molar-refractivity contribution >= 4 is 0 Å². The average Bonchev–Trinajstić information content (AvgIpc) is 3.00. The quantitative estimate of drug-likeness (QED) is 0.569. The molecule has 0 bridgehead atoms. The molecule has 2 atom stereocenters. The third kappa shape index (κ3) is 4.07. The van der Waals surface area contributed by atoms with E-state index >= 15 is 0 Å². The van der Waals surface area contributed by atoms with Crippen LogP contribution in [-0.4, -0.2) is 4.98 Å². The predicted molar refractivity (Wildman–Crippen MR) is 86.9 cm³/mol. The number of aromatic nitrogens is 1. The maximum atomic E-state index is 4.73. The molecule has 1 aliphatic carbocycles. The highest BCUT2D eigenvalue weighted by molar-refractivity contribution is 5.13. The van der Waals surface area contributed by atoms with Crippen LogP contribution in [0.5, 0.6) is 0 Å². The van der Waals surface area contributed by atoms with Gasteiger partial charge in [-0.05, 0) is 43.2 Å². The number of pyridine rings is 1. The van der Waals surface area contributed by atoms with Crippen LogP contribution in [0.3, 0.4) is 0 Å². The molecule has 20 heavy (non-hydrogen) atoms. The van der Waals surface area contributed by atoms with Crippen LogP contribution in [-0.2, 0) is 0 Å². The average molecular weight is 273 g/mol. The maximum absolute atomic E-state index is 4.73. The van der Waals surface area contributed by atoms with Gasteiger partial charge in [-0.2, -0.15) is 0 Å². The molecular weight excluding hydrogens is 242 g/mol. The van der Waals surface area contributed by atoms with Gasteiger partial charge in [0, 0.05) is 17.8 Å². The second-order valence-electron chi connectivity index (χ2n) is 6.52. The van der Waals surface area contributed by atoms with E-state index in [1.165, 1.54) is 63.5 Å². The molecule has 1 heteroatoms. The predicted octanol–water partition coefficient (Wildman–Crippen LogP) is 5.96. The first kappa shape index (κ1) is 15.5. The number of nitrogens with zero attached hydrogens (tertiary/aromatic N) is 1. The Bertz CT molecular complexity index is 353. The van der Waals surface area contributed by atoms with E-state index < -0.39 is 0 Å². The third-order valence-corrected chi connectivity index (χ3v) is 5.03. The normalized spacial score (nSPS) is 19.1. The molecule has 0 saturated heterocycles. The first-order valence-corrected chi connectivity index (χ1v) is 8.77. The Balaban J connectivity index is 2.18. The number of unbranched alkanes of at least 4 members (excludes halogenated alkanes) is 1. The zero-order valence-corrected chi connectivity index (χ0v) is 13.4. The van der Waals surface area contributed by atoms with E-state index in [1.807, 2.05) is 6.20 Å². The minimum absolute atomic E-state index is 0.713. The standard InChI is InChI=1S/C19H31N/c1-3-5-11-16(10-4-2)19(17-12-6-7-13-17)18-14-8-9-15-20-18/h8-9,14-17,19H,3-7,10-13H2,1-2H3. The Morgan fingerprint density at radius 1 is 1.10 bits per heavy atom. The molecule has 1 aromatic heterocycles. The molecule has 0 aromatic carbocycles. The van der Waals surface area contributed by atoms with E-state index in [1.54, 1.807) is 0 Å². The van der Waals surface area contributed by atoms with Gasteiger partial charge in [0.05, 0.1) is 0 Å². The van der Waals surface area contributed by atoms with Gasteiger partial charge in [0.2, 0.25) is 0 Å². The Labute approximate surface area is 125 Å². The van der Waals surface area contributed by atoms with E-state index in [-0.39, 0.29) is 0 Å². The number of hydrogen-bond acceptors (Lipinski definition) is 1. The number of hydrogen-bond donors (Lipinski definition) is 0. The summed E-state index contributed by atoms with van der Waals surface area (Å²) in [7, 11) is 0. The van der Waals surface area contributed by atoms with Crippen LogP contribution in [0.2, 0.25) is 0 Å². The molecular formula is C19H31N. The Morgan fingerprint density at radius 3 is 2.50 bits per heavy atom. The summed E-state index contributed by atoms with van der Waals surface area (Å²) in [5.41, 5.74) is 1.37. The van der Waals surface area contributed by atoms with Crippen molar-refractivity contribution in [3.8, 4) is 0 Å². The lowest BCUT2D eigenvalue weighted by Crippen LogP contribution is -2.21. The fourth-order valence-corrected chi connectivity index (χ4v) is 4.10. The molecule has 1 fully saturated rings. The van der Waals surface area contributed by atoms with Crippen molar-refractivity contribution in [3.05, 3.63) is 30.1 Å². The first-order chi connectivity index (χ1) is 9.86. The highest BCUT2D eigenvalue weighted by Crippen LogP contribution is 2.44. The van der Waals surface area contributed by atoms with Gasteiger partial charge in [-0.25, -0.2) is 0 Å². The van der Waals surface area contributed by atoms with Gasteiger partial charge in [-0.15, -0.1) is 0 Å². The topological polar surface area (TPSA) is 12.9 Å². The molecule has 1 nitrogen and oxygen atoms in total. The summed E-state index contributed by atoms with van der Waals surface area (Å²) in [6, 6.07) is 6.50. The van der Waals surface area contributed by atoms with Crippen LogP contribution < -0.4 is 0 Å². The monoisotopic (exact) mass is 273 g/mol. The van der Waals surface area contributed by atoms with Gasteiger partial charge in [0.15, 0.2) is 0 Å². The van der Waals surface area contributed by atoms with Gasteiger partial charge < -0.3 is 0 Å². The van der Waals surface area contributed by atoms with E-state index in [2.05, 4.69) is 32.0 Å². The molecule has 0 radical (unpaired) electrons. The summed E-state index contributed by atoms with van der Waals surface area (Å²) in [6.07, 6.45) is 14.5. The summed E-state index contributed by atoms with van der Waals surface area (Å²) in [4.78, 5) is 4.73. The van der Waals surface area contributed by atoms with Crippen molar-refractivity contribution in [1.82, 2.24) is 4.98 Å². The van der Waals surface area contributed by atoms with Crippen LogP contribution in [0.4, 0.5) is 0 Å². The van der Waals surface area contributed by atoms with Crippen molar-refractivity contribution in [1.29, 1.82) is 0 Å². The largest absolute Gasteiger partial charge is 0.261 e. The highest BCUT2D eigenvalue weighted by Gasteiger charge is 2.32. The molecule has 1 saturated carbocycles. The smallest absolute Gasteiger partial charge is 0.0440 e. The van der Waals surface area contributed by atoms with Crippen molar-refractivity contribution in [2.45, 2.75) is 77.6 Å². The van der Waals surface area contributed by atoms with E-state index in [4.69, 9.17) is 4.98 Å². The highest BCUT2D eigenvalue weighted by atomic mass is 14.7. The summed E-state index contributed by atoms with van der Waals surface area (Å²) in [5.74, 6) is 2.45. The van der Waals surface area contributed by atoms with Crippen molar-refractivity contribution in [2.24, 2.45) is 11.8 Å². The number of rotatable bonds is 8. The minimum atomic E-state index is 0.713. The Kier molecular flexibility index (Phi) is 6.56. The zero-order chi connectivity index (χ0) is 14.2. The lowest BCUT2D eigenvalue weighted by atomic mass is 9.74. The molecule has 1 aliphatic rings. The lowest BCUT2D eigenvalue weighted by Gasteiger charge is -2.31. The van der Waals surface area contributed by atoms with Crippen molar-refractivity contribution in [3.63, 3.8) is 0 Å². The first-order valence-electron chi connectivity index (χ1n) is 8.77. The summed E-state index contributed by atoms with van der Waals surface area (Å²) in [6.45, 7) is 4.65. The van der Waals surface area contributed by atoms with Crippen LogP contribution in [0, 0.1) is 11.8 Å². The van der Waals surface area contributed by atoms with Crippen molar-refractivity contribution in [2.75, 3.05) is 0 Å². The maximum Gasteiger partial charge on any atom is 0.0440 e. The van der Waals surface area contributed by atoms with E-state index in [0.29, 0.717) is 5.92 Å². The van der Waals surface area contributed by atoms with Gasteiger partial charge >= 0.3 is 0 Å². The molecule has 0 aliphatic heterocycles. The Morgan fingerprint density at radius 2 is 1.90 bits per heavy atom. The third-order valence-electron chi connectivity index (χ3n) is 5.03. The van der Waals surface area contributed by atoms with Gasteiger partial charge in [-0.3, -0.25) is 4.98 Å². The summed E-state index contributed by atoms with van der Waals surface area (Å²) >= 11 is 0. The zero-order valence-electron chi connectivity index (χ0n) is 13.4. The fourth-order valence-electron chi connectivity index (χ4n) is 4.10. The lowest BCUT2D eigenvalue weighted by molar-refractivity contribution is 0.269. The van der Waals surface area contributed by atoms with Crippen LogP contribution in [0.15, 0.2) is 24.4 Å². The summed E-state index contributed by atoms with van der Waals surface area (Å²) < 4.78 is 0. The SMILES string of the molecule is CCCCC(CCC)C(c1ccccn1)C1CCCC1. The van der Waals surface area contributed by atoms with Gasteiger partial charge in [0.1, 0.15) is 0 Å². The van der Waals surface area contributed by atoms with Crippen molar-refractivity contribution < 1.29 is 0 Å². The van der Waals surface area contributed by atoms with Crippen LogP contribution in [0.1, 0.15) is 83.2 Å². The van der Waals surface area contributed by atoms with E-state index in [0.717, 1.165) is 11.8 Å². The van der Waals surface area contributed by atoms with Gasteiger partial charge in [-0.1, -0.05) is 58.4 Å². The molecule has 0 amide bonds. The molecule has 1 heterocycles. The minimum Gasteiger partial charge on any atom is -0.261 e. The van der Waals surface area contributed by atoms with Gasteiger partial charge in [0.25, 0.3) is 0 Å². The van der Waals surface area contributed by atoms with Crippen LogP contribution >= 0.6 is 0 Å². The molecule has 112 valence electrons. The van der Waals surface area contributed by atoms with Crippen LogP contribution in [0.25, 0.3) is 0 Å². The van der Waals surface area contributed by atoms with E-state index in [9.17, 15) is 0 Å². The fraction of sp³-hybridized carbons (Fsp3) is 0.737. The molecule has 2 rings (SSSR count). The molecule has 0 spiro atoms.